The second kappa shape index (κ2) is 5.51. The number of pyridine rings is 1. The Morgan fingerprint density at radius 2 is 2.18 bits per heavy atom. The second-order valence-electron chi connectivity index (χ2n) is 3.30. The van der Waals surface area contributed by atoms with Crippen molar-refractivity contribution in [2.24, 2.45) is 0 Å². The molecule has 0 aliphatic carbocycles. The molecule has 1 rings (SSSR count). The lowest BCUT2D eigenvalue weighted by Crippen LogP contribution is -2.28. The zero-order chi connectivity index (χ0) is 12.9. The van der Waals surface area contributed by atoms with Crippen molar-refractivity contribution < 1.29 is 18.0 Å². The number of aromatic nitrogens is 1. The predicted molar refractivity (Wildman–Crippen MR) is 56.8 cm³/mol. The highest BCUT2D eigenvalue weighted by molar-refractivity contribution is 5.94. The van der Waals surface area contributed by atoms with Crippen molar-refractivity contribution in [3.05, 3.63) is 23.9 Å². The van der Waals surface area contributed by atoms with E-state index in [0.29, 0.717) is 5.82 Å². The molecule has 0 aromatic carbocycles. The van der Waals surface area contributed by atoms with Crippen LogP contribution in [-0.2, 0) is 0 Å². The van der Waals surface area contributed by atoms with Crippen LogP contribution in [0.5, 0.6) is 0 Å². The molecule has 1 heterocycles. The molecule has 0 atom stereocenters. The lowest BCUT2D eigenvalue weighted by Gasteiger charge is -2.08. The van der Waals surface area contributed by atoms with Gasteiger partial charge in [0.2, 0.25) is 0 Å². The SMILES string of the molecule is CNc1cc(C(=O)NCCC(F)(F)F)ccn1. The average molecular weight is 247 g/mol. The van der Waals surface area contributed by atoms with Crippen LogP contribution in [0.1, 0.15) is 16.8 Å². The number of nitrogens with one attached hydrogen (secondary N) is 2. The van der Waals surface area contributed by atoms with Crippen LogP contribution < -0.4 is 10.6 Å². The minimum absolute atomic E-state index is 0.270. The summed E-state index contributed by atoms with van der Waals surface area (Å²) in [6, 6.07) is 2.90. The van der Waals surface area contributed by atoms with Gasteiger partial charge in [0, 0.05) is 25.4 Å². The maximum Gasteiger partial charge on any atom is 0.390 e. The third kappa shape index (κ3) is 4.71. The number of amides is 1. The number of rotatable bonds is 4. The molecule has 0 unspecified atom stereocenters. The Balaban J connectivity index is 2.52. The zero-order valence-electron chi connectivity index (χ0n) is 9.14. The van der Waals surface area contributed by atoms with Gasteiger partial charge in [-0.2, -0.15) is 13.2 Å². The fourth-order valence-electron chi connectivity index (χ4n) is 1.13. The van der Waals surface area contributed by atoms with Crippen molar-refractivity contribution in [1.82, 2.24) is 10.3 Å². The van der Waals surface area contributed by atoms with Gasteiger partial charge in [0.1, 0.15) is 5.82 Å². The van der Waals surface area contributed by atoms with E-state index < -0.39 is 25.0 Å². The smallest absolute Gasteiger partial charge is 0.373 e. The quantitative estimate of drug-likeness (QED) is 0.853. The maximum atomic E-state index is 11.9. The van der Waals surface area contributed by atoms with Crippen molar-refractivity contribution in [2.45, 2.75) is 12.6 Å². The molecule has 0 saturated heterocycles. The molecular formula is C10H12F3N3O. The zero-order valence-corrected chi connectivity index (χ0v) is 9.14. The highest BCUT2D eigenvalue weighted by Crippen LogP contribution is 2.18. The van der Waals surface area contributed by atoms with Gasteiger partial charge < -0.3 is 10.6 Å². The van der Waals surface area contributed by atoms with E-state index in [0.717, 1.165) is 0 Å². The molecule has 1 aromatic rings. The summed E-state index contributed by atoms with van der Waals surface area (Å²) in [5, 5.41) is 4.92. The molecule has 0 fully saturated rings. The van der Waals surface area contributed by atoms with Crippen LogP contribution in [0.15, 0.2) is 18.3 Å². The Bertz CT molecular complexity index is 393. The molecule has 1 amide bonds. The van der Waals surface area contributed by atoms with Gasteiger partial charge in [-0.05, 0) is 12.1 Å². The van der Waals surface area contributed by atoms with Gasteiger partial charge in [-0.1, -0.05) is 0 Å². The van der Waals surface area contributed by atoms with Crippen molar-refractivity contribution in [1.29, 1.82) is 0 Å². The molecular weight excluding hydrogens is 235 g/mol. The fraction of sp³-hybridized carbons (Fsp3) is 0.400. The molecule has 4 nitrogen and oxygen atoms in total. The van der Waals surface area contributed by atoms with Crippen molar-refractivity contribution in [2.75, 3.05) is 18.9 Å². The third-order valence-electron chi connectivity index (χ3n) is 1.97. The molecule has 0 aliphatic rings. The van der Waals surface area contributed by atoms with E-state index in [1.54, 1.807) is 7.05 Å². The summed E-state index contributed by atoms with van der Waals surface area (Å²) in [4.78, 5) is 15.4. The monoisotopic (exact) mass is 247 g/mol. The molecule has 1 aromatic heterocycles. The summed E-state index contributed by atoms with van der Waals surface area (Å²) in [5.41, 5.74) is 0.270. The largest absolute Gasteiger partial charge is 0.390 e. The number of hydrogen-bond acceptors (Lipinski definition) is 3. The first kappa shape index (κ1) is 13.3. The summed E-state index contributed by atoms with van der Waals surface area (Å²) in [5.74, 6) is -0.0679. The van der Waals surface area contributed by atoms with Gasteiger partial charge in [0.15, 0.2) is 0 Å². The van der Waals surface area contributed by atoms with E-state index in [2.05, 4.69) is 15.6 Å². The van der Waals surface area contributed by atoms with Gasteiger partial charge in [-0.15, -0.1) is 0 Å². The van der Waals surface area contributed by atoms with Crippen molar-refractivity contribution in [3.63, 3.8) is 0 Å². The summed E-state index contributed by atoms with van der Waals surface area (Å²) in [7, 11) is 1.63. The van der Waals surface area contributed by atoms with Crippen molar-refractivity contribution >= 4 is 11.7 Å². The average Bonchev–Trinajstić information content (AvgIpc) is 2.27. The third-order valence-corrected chi connectivity index (χ3v) is 1.97. The van der Waals surface area contributed by atoms with Gasteiger partial charge >= 0.3 is 6.18 Å². The molecule has 0 aliphatic heterocycles. The molecule has 0 radical (unpaired) electrons. The Morgan fingerprint density at radius 3 is 2.76 bits per heavy atom. The Labute approximate surface area is 96.2 Å². The number of nitrogens with zero attached hydrogens (tertiary/aromatic N) is 1. The van der Waals surface area contributed by atoms with Crippen LogP contribution in [0, 0.1) is 0 Å². The molecule has 7 heteroatoms. The number of halogens is 3. The number of carbonyl (C=O) groups excluding carboxylic acids is 1. The Morgan fingerprint density at radius 1 is 1.47 bits per heavy atom. The maximum absolute atomic E-state index is 11.9. The summed E-state index contributed by atoms with van der Waals surface area (Å²) < 4.78 is 35.6. The van der Waals surface area contributed by atoms with Gasteiger partial charge in [0.05, 0.1) is 6.42 Å². The summed E-state index contributed by atoms with van der Waals surface area (Å²) >= 11 is 0. The lowest BCUT2D eigenvalue weighted by molar-refractivity contribution is -0.132. The topological polar surface area (TPSA) is 54.0 Å². The summed E-state index contributed by atoms with van der Waals surface area (Å²) in [6.07, 6.45) is -3.89. The molecule has 0 spiro atoms. The van der Waals surface area contributed by atoms with E-state index >= 15 is 0 Å². The molecule has 2 N–H and O–H groups in total. The van der Waals surface area contributed by atoms with Crippen molar-refractivity contribution in [3.8, 4) is 0 Å². The first-order valence-electron chi connectivity index (χ1n) is 4.91. The minimum atomic E-state index is -4.26. The first-order chi connectivity index (χ1) is 7.92. The molecule has 0 saturated carbocycles. The normalized spacial score (nSPS) is 11.1. The minimum Gasteiger partial charge on any atom is -0.373 e. The van der Waals surface area contributed by atoms with E-state index in [4.69, 9.17) is 0 Å². The van der Waals surface area contributed by atoms with Crippen LogP contribution in [0.4, 0.5) is 19.0 Å². The Kier molecular flexibility index (Phi) is 4.30. The highest BCUT2D eigenvalue weighted by Gasteiger charge is 2.26. The fourth-order valence-corrected chi connectivity index (χ4v) is 1.13. The molecule has 0 bridgehead atoms. The first-order valence-corrected chi connectivity index (χ1v) is 4.91. The van der Waals surface area contributed by atoms with E-state index in [1.807, 2.05) is 0 Å². The van der Waals surface area contributed by atoms with Gasteiger partial charge in [-0.3, -0.25) is 4.79 Å². The number of alkyl halides is 3. The van der Waals surface area contributed by atoms with E-state index in [1.165, 1.54) is 18.3 Å². The molecule has 17 heavy (non-hydrogen) atoms. The molecule has 94 valence electrons. The Hall–Kier alpha value is -1.79. The number of carbonyl (C=O) groups is 1. The van der Waals surface area contributed by atoms with Gasteiger partial charge in [-0.25, -0.2) is 4.98 Å². The number of anilines is 1. The second-order valence-corrected chi connectivity index (χ2v) is 3.30. The van der Waals surface area contributed by atoms with Crippen LogP contribution in [-0.4, -0.2) is 30.7 Å². The summed E-state index contributed by atoms with van der Waals surface area (Å²) in [6.45, 7) is -0.431. The van der Waals surface area contributed by atoms with Crippen LogP contribution in [0.2, 0.25) is 0 Å². The predicted octanol–water partition coefficient (Wildman–Crippen LogP) is 1.81. The van der Waals surface area contributed by atoms with Crippen LogP contribution in [0.25, 0.3) is 0 Å². The lowest BCUT2D eigenvalue weighted by atomic mass is 10.2. The van der Waals surface area contributed by atoms with Gasteiger partial charge in [0.25, 0.3) is 5.91 Å². The van der Waals surface area contributed by atoms with E-state index in [9.17, 15) is 18.0 Å². The van der Waals surface area contributed by atoms with Crippen LogP contribution >= 0.6 is 0 Å². The van der Waals surface area contributed by atoms with Crippen LogP contribution in [0.3, 0.4) is 0 Å². The standard InChI is InChI=1S/C10H12F3N3O/c1-14-8-6-7(2-4-15-8)9(17)16-5-3-10(11,12)13/h2,4,6H,3,5H2,1H3,(H,14,15)(H,16,17). The van der Waals surface area contributed by atoms with E-state index in [-0.39, 0.29) is 5.56 Å². The highest BCUT2D eigenvalue weighted by atomic mass is 19.4. The number of hydrogen-bond donors (Lipinski definition) is 2.